The van der Waals surface area contributed by atoms with Crippen LogP contribution in [0.5, 0.6) is 0 Å². The van der Waals surface area contributed by atoms with E-state index in [4.69, 9.17) is 0 Å². The van der Waals surface area contributed by atoms with Crippen LogP contribution in [0.2, 0.25) is 0 Å². The number of hydrogen-bond acceptors (Lipinski definition) is 3. The van der Waals surface area contributed by atoms with Crippen molar-refractivity contribution in [3.8, 4) is 0 Å². The Kier molecular flexibility index (Phi) is 4.71. The highest BCUT2D eigenvalue weighted by atomic mass is 79.9. The molecule has 0 spiro atoms. The largest absolute Gasteiger partial charge is 0.341 e. The lowest BCUT2D eigenvalue weighted by Crippen LogP contribution is -2.34. The van der Waals surface area contributed by atoms with Gasteiger partial charge in [-0.25, -0.2) is 0 Å². The Labute approximate surface area is 149 Å². The number of anilines is 1. The molecular weight excluding hydrogens is 372 g/mol. The van der Waals surface area contributed by atoms with Crippen LogP contribution in [0, 0.1) is 5.92 Å². The summed E-state index contributed by atoms with van der Waals surface area (Å²) in [6.45, 7) is 0.907. The molecule has 6 nitrogen and oxygen atoms in total. The first-order valence-corrected chi connectivity index (χ1v) is 8.52. The summed E-state index contributed by atoms with van der Waals surface area (Å²) in [4.78, 5) is 28.4. The lowest BCUT2D eigenvalue weighted by Gasteiger charge is -2.21. The van der Waals surface area contributed by atoms with Crippen LogP contribution < -0.4 is 4.90 Å². The summed E-state index contributed by atoms with van der Waals surface area (Å²) >= 11 is 3.47. The average Bonchev–Trinajstić information content (AvgIpc) is 3.13. The SMILES string of the molecule is CN(Cc1cnn(C)c1)C(=O)[C@@H]1CC(=O)N(c2ccccc2Br)C1. The number of para-hydroxylation sites is 1. The van der Waals surface area contributed by atoms with Crippen LogP contribution >= 0.6 is 15.9 Å². The van der Waals surface area contributed by atoms with E-state index in [-0.39, 0.29) is 24.2 Å². The van der Waals surface area contributed by atoms with Crippen LogP contribution in [-0.4, -0.2) is 40.1 Å². The molecule has 0 radical (unpaired) electrons. The molecule has 1 aliphatic rings. The molecule has 0 unspecified atom stereocenters. The highest BCUT2D eigenvalue weighted by Gasteiger charge is 2.37. The summed E-state index contributed by atoms with van der Waals surface area (Å²) in [5, 5.41) is 4.11. The summed E-state index contributed by atoms with van der Waals surface area (Å²) in [6.07, 6.45) is 3.88. The van der Waals surface area contributed by atoms with Crippen molar-refractivity contribution in [2.24, 2.45) is 13.0 Å². The fraction of sp³-hybridized carbons (Fsp3) is 0.353. The third kappa shape index (κ3) is 3.36. The molecule has 0 aliphatic carbocycles. The van der Waals surface area contributed by atoms with Crippen LogP contribution in [0.4, 0.5) is 5.69 Å². The second-order valence-corrected chi connectivity index (χ2v) is 6.93. The Morgan fingerprint density at radius 1 is 1.42 bits per heavy atom. The highest BCUT2D eigenvalue weighted by Crippen LogP contribution is 2.31. The molecule has 7 heteroatoms. The lowest BCUT2D eigenvalue weighted by molar-refractivity contribution is -0.135. The zero-order chi connectivity index (χ0) is 17.3. The van der Waals surface area contributed by atoms with Crippen molar-refractivity contribution in [3.63, 3.8) is 0 Å². The van der Waals surface area contributed by atoms with E-state index >= 15 is 0 Å². The number of carbonyl (C=O) groups excluding carboxylic acids is 2. The van der Waals surface area contributed by atoms with E-state index in [1.54, 1.807) is 27.7 Å². The van der Waals surface area contributed by atoms with Gasteiger partial charge in [0, 0.05) is 49.8 Å². The molecule has 126 valence electrons. The monoisotopic (exact) mass is 390 g/mol. The van der Waals surface area contributed by atoms with E-state index < -0.39 is 0 Å². The first-order chi connectivity index (χ1) is 11.5. The van der Waals surface area contributed by atoms with Crippen LogP contribution in [0.25, 0.3) is 0 Å². The van der Waals surface area contributed by atoms with Gasteiger partial charge in [0.15, 0.2) is 0 Å². The number of halogens is 1. The van der Waals surface area contributed by atoms with Gasteiger partial charge in [0.05, 0.1) is 17.8 Å². The molecule has 1 atom stereocenters. The molecule has 24 heavy (non-hydrogen) atoms. The van der Waals surface area contributed by atoms with Gasteiger partial charge in [0.1, 0.15) is 0 Å². The molecule has 1 aliphatic heterocycles. The predicted octanol–water partition coefficient (Wildman–Crippen LogP) is 2.19. The standard InChI is InChI=1S/C17H19BrN4O2/c1-20(9-12-8-19-21(2)10-12)17(24)13-7-16(23)22(11-13)15-6-4-3-5-14(15)18/h3-6,8,10,13H,7,9,11H2,1-2H3/t13-/m1/s1. The number of nitrogens with zero attached hydrogens (tertiary/aromatic N) is 4. The van der Waals surface area contributed by atoms with Gasteiger partial charge in [-0.2, -0.15) is 5.10 Å². The van der Waals surface area contributed by atoms with Crippen LogP contribution in [0.15, 0.2) is 41.1 Å². The van der Waals surface area contributed by atoms with Crippen molar-refractivity contribution >= 4 is 33.4 Å². The molecular formula is C17H19BrN4O2. The van der Waals surface area contributed by atoms with Crippen LogP contribution in [0.3, 0.4) is 0 Å². The quantitative estimate of drug-likeness (QED) is 0.803. The molecule has 2 amide bonds. The van der Waals surface area contributed by atoms with Gasteiger partial charge in [-0.1, -0.05) is 12.1 Å². The number of amides is 2. The van der Waals surface area contributed by atoms with Gasteiger partial charge in [0.2, 0.25) is 11.8 Å². The van der Waals surface area contributed by atoms with E-state index in [0.29, 0.717) is 13.1 Å². The second kappa shape index (κ2) is 6.76. The fourth-order valence-electron chi connectivity index (χ4n) is 2.99. The summed E-state index contributed by atoms with van der Waals surface area (Å²) in [7, 11) is 3.61. The van der Waals surface area contributed by atoms with Gasteiger partial charge in [-0.05, 0) is 28.1 Å². The third-order valence-electron chi connectivity index (χ3n) is 4.17. The first kappa shape index (κ1) is 16.7. The van der Waals surface area contributed by atoms with Gasteiger partial charge >= 0.3 is 0 Å². The minimum absolute atomic E-state index is 0.0123. The highest BCUT2D eigenvalue weighted by molar-refractivity contribution is 9.10. The van der Waals surface area contributed by atoms with E-state index in [9.17, 15) is 9.59 Å². The van der Waals surface area contributed by atoms with Crippen LogP contribution in [0.1, 0.15) is 12.0 Å². The Bertz CT molecular complexity index is 773. The van der Waals surface area contributed by atoms with Gasteiger partial charge in [0.25, 0.3) is 0 Å². The van der Waals surface area contributed by atoms with Gasteiger partial charge in [-0.15, -0.1) is 0 Å². The number of aryl methyl sites for hydroxylation is 1. The number of carbonyl (C=O) groups is 2. The molecule has 1 aromatic carbocycles. The molecule has 0 N–H and O–H groups in total. The van der Waals surface area contributed by atoms with E-state index in [2.05, 4.69) is 21.0 Å². The summed E-state index contributed by atoms with van der Waals surface area (Å²) in [6, 6.07) is 7.57. The van der Waals surface area contributed by atoms with Crippen molar-refractivity contribution in [2.75, 3.05) is 18.5 Å². The van der Waals surface area contributed by atoms with Gasteiger partial charge in [-0.3, -0.25) is 14.3 Å². The van der Waals surface area contributed by atoms with Gasteiger partial charge < -0.3 is 9.80 Å². The molecule has 1 saturated heterocycles. The maximum absolute atomic E-state index is 12.7. The summed E-state index contributed by atoms with van der Waals surface area (Å²) in [5.74, 6) is -0.344. The summed E-state index contributed by atoms with van der Waals surface area (Å²) < 4.78 is 2.57. The first-order valence-electron chi connectivity index (χ1n) is 7.73. The zero-order valence-corrected chi connectivity index (χ0v) is 15.2. The molecule has 2 aromatic rings. The average molecular weight is 391 g/mol. The maximum atomic E-state index is 12.7. The van der Waals surface area contributed by atoms with Crippen molar-refractivity contribution in [2.45, 2.75) is 13.0 Å². The number of benzene rings is 1. The molecule has 1 aromatic heterocycles. The topological polar surface area (TPSA) is 58.4 Å². The minimum atomic E-state index is -0.314. The minimum Gasteiger partial charge on any atom is -0.341 e. The fourth-order valence-corrected chi connectivity index (χ4v) is 3.49. The molecule has 1 fully saturated rings. The van der Waals surface area contributed by atoms with Crippen molar-refractivity contribution < 1.29 is 9.59 Å². The van der Waals surface area contributed by atoms with Crippen LogP contribution in [-0.2, 0) is 23.2 Å². The zero-order valence-electron chi connectivity index (χ0n) is 13.6. The Balaban J connectivity index is 1.68. The summed E-state index contributed by atoms with van der Waals surface area (Å²) in [5.41, 5.74) is 1.79. The lowest BCUT2D eigenvalue weighted by atomic mass is 10.1. The molecule has 0 bridgehead atoms. The Morgan fingerprint density at radius 2 is 2.17 bits per heavy atom. The third-order valence-corrected chi connectivity index (χ3v) is 4.84. The van der Waals surface area contributed by atoms with Crippen molar-refractivity contribution in [1.82, 2.24) is 14.7 Å². The molecule has 0 saturated carbocycles. The Hall–Kier alpha value is -2.15. The second-order valence-electron chi connectivity index (χ2n) is 6.07. The normalized spacial score (nSPS) is 17.4. The molecule has 2 heterocycles. The van der Waals surface area contributed by atoms with Crippen molar-refractivity contribution in [3.05, 3.63) is 46.7 Å². The predicted molar refractivity (Wildman–Crippen MR) is 94.3 cm³/mol. The van der Waals surface area contributed by atoms with Crippen molar-refractivity contribution in [1.29, 1.82) is 0 Å². The maximum Gasteiger partial charge on any atom is 0.228 e. The number of aromatic nitrogens is 2. The number of hydrogen-bond donors (Lipinski definition) is 0. The Morgan fingerprint density at radius 3 is 2.83 bits per heavy atom. The van der Waals surface area contributed by atoms with E-state index in [1.807, 2.05) is 37.5 Å². The van der Waals surface area contributed by atoms with E-state index in [0.717, 1.165) is 15.7 Å². The smallest absolute Gasteiger partial charge is 0.228 e. The van der Waals surface area contributed by atoms with E-state index in [1.165, 1.54) is 0 Å². The number of rotatable bonds is 4. The molecule has 3 rings (SSSR count).